The molecule has 0 radical (unpaired) electrons. The van der Waals surface area contributed by atoms with Crippen molar-refractivity contribution in [1.82, 2.24) is 5.32 Å². The first kappa shape index (κ1) is 13.9. The van der Waals surface area contributed by atoms with Gasteiger partial charge in [0, 0.05) is 18.8 Å². The molecule has 0 aromatic carbocycles. The van der Waals surface area contributed by atoms with Crippen LogP contribution < -0.4 is 5.32 Å². The van der Waals surface area contributed by atoms with Crippen molar-refractivity contribution in [3.63, 3.8) is 0 Å². The standard InChI is InChI=1S/C13H26N2S/c1-9(2)12(10(3)4)7-15-13-14-6-11(5)8-16-13/h9-12H,6-8H2,1-5H3,(H,14,15). The lowest BCUT2D eigenvalue weighted by Crippen LogP contribution is -2.34. The Labute approximate surface area is 105 Å². The smallest absolute Gasteiger partial charge is 0.156 e. The van der Waals surface area contributed by atoms with E-state index >= 15 is 0 Å². The molecule has 3 heteroatoms. The first-order valence-electron chi connectivity index (χ1n) is 6.41. The summed E-state index contributed by atoms with van der Waals surface area (Å²) >= 11 is 1.88. The van der Waals surface area contributed by atoms with Gasteiger partial charge in [-0.3, -0.25) is 4.99 Å². The van der Waals surface area contributed by atoms with Crippen molar-refractivity contribution in [3.8, 4) is 0 Å². The van der Waals surface area contributed by atoms with Crippen LogP contribution in [0.25, 0.3) is 0 Å². The molecule has 0 fully saturated rings. The molecule has 0 bridgehead atoms. The molecule has 1 rings (SSSR count). The highest BCUT2D eigenvalue weighted by atomic mass is 32.2. The number of rotatable bonds is 4. The van der Waals surface area contributed by atoms with E-state index in [4.69, 9.17) is 0 Å². The number of aliphatic imine (C=N–C) groups is 1. The summed E-state index contributed by atoms with van der Waals surface area (Å²) in [6.45, 7) is 13.6. The Kier molecular flexibility index (Phi) is 5.67. The highest BCUT2D eigenvalue weighted by molar-refractivity contribution is 8.13. The van der Waals surface area contributed by atoms with E-state index in [2.05, 4.69) is 44.9 Å². The van der Waals surface area contributed by atoms with Crippen molar-refractivity contribution in [3.05, 3.63) is 0 Å². The van der Waals surface area contributed by atoms with Gasteiger partial charge < -0.3 is 5.32 Å². The SMILES string of the molecule is CC1CN=C(NCC(C(C)C)C(C)C)SC1. The minimum absolute atomic E-state index is 0.737. The minimum atomic E-state index is 0.737. The number of hydrogen-bond donors (Lipinski definition) is 1. The lowest BCUT2D eigenvalue weighted by molar-refractivity contribution is 0.288. The van der Waals surface area contributed by atoms with Crippen molar-refractivity contribution in [1.29, 1.82) is 0 Å². The fourth-order valence-electron chi connectivity index (χ4n) is 2.11. The summed E-state index contributed by atoms with van der Waals surface area (Å²) in [5, 5.41) is 4.67. The average molecular weight is 242 g/mol. The highest BCUT2D eigenvalue weighted by Crippen LogP contribution is 2.21. The van der Waals surface area contributed by atoms with Gasteiger partial charge >= 0.3 is 0 Å². The number of nitrogens with zero attached hydrogens (tertiary/aromatic N) is 1. The van der Waals surface area contributed by atoms with Gasteiger partial charge in [-0.15, -0.1) is 0 Å². The molecule has 0 saturated heterocycles. The predicted molar refractivity (Wildman–Crippen MR) is 75.1 cm³/mol. The second kappa shape index (κ2) is 6.53. The van der Waals surface area contributed by atoms with Gasteiger partial charge in [-0.1, -0.05) is 46.4 Å². The Bertz CT molecular complexity index is 228. The molecule has 1 aliphatic heterocycles. The second-order valence-electron chi connectivity index (χ2n) is 5.59. The van der Waals surface area contributed by atoms with E-state index in [9.17, 15) is 0 Å². The van der Waals surface area contributed by atoms with E-state index in [0.29, 0.717) is 0 Å². The molecule has 1 heterocycles. The summed E-state index contributed by atoms with van der Waals surface area (Å²) in [7, 11) is 0. The molecule has 94 valence electrons. The van der Waals surface area contributed by atoms with Crippen LogP contribution in [0.15, 0.2) is 4.99 Å². The van der Waals surface area contributed by atoms with Crippen LogP contribution >= 0.6 is 11.8 Å². The van der Waals surface area contributed by atoms with E-state index < -0.39 is 0 Å². The monoisotopic (exact) mass is 242 g/mol. The summed E-state index contributed by atoms with van der Waals surface area (Å²) in [4.78, 5) is 4.57. The van der Waals surface area contributed by atoms with Crippen molar-refractivity contribution < 1.29 is 0 Å². The number of nitrogens with one attached hydrogen (secondary N) is 1. The summed E-state index contributed by atoms with van der Waals surface area (Å²) in [6, 6.07) is 0. The van der Waals surface area contributed by atoms with Crippen LogP contribution in [0.4, 0.5) is 0 Å². The zero-order chi connectivity index (χ0) is 12.1. The molecular weight excluding hydrogens is 216 g/mol. The topological polar surface area (TPSA) is 24.4 Å². The third-order valence-electron chi connectivity index (χ3n) is 3.25. The lowest BCUT2D eigenvalue weighted by atomic mass is 9.86. The Hall–Kier alpha value is -0.180. The molecule has 0 saturated carbocycles. The number of thioether (sulfide) groups is 1. The van der Waals surface area contributed by atoms with Gasteiger partial charge in [0.15, 0.2) is 5.17 Å². The summed E-state index contributed by atoms with van der Waals surface area (Å²) in [5.41, 5.74) is 0. The van der Waals surface area contributed by atoms with Crippen LogP contribution in [0.5, 0.6) is 0 Å². The molecule has 0 aromatic heterocycles. The van der Waals surface area contributed by atoms with Crippen LogP contribution in [-0.2, 0) is 0 Å². The number of hydrogen-bond acceptors (Lipinski definition) is 3. The largest absolute Gasteiger partial charge is 0.365 e. The lowest BCUT2D eigenvalue weighted by Gasteiger charge is -2.27. The molecule has 0 amide bonds. The van der Waals surface area contributed by atoms with Gasteiger partial charge in [-0.2, -0.15) is 0 Å². The van der Waals surface area contributed by atoms with Crippen molar-refractivity contribution in [2.24, 2.45) is 28.7 Å². The fourth-order valence-corrected chi connectivity index (χ4v) is 3.01. The molecule has 0 aliphatic carbocycles. The molecule has 2 nitrogen and oxygen atoms in total. The Morgan fingerprint density at radius 1 is 1.31 bits per heavy atom. The van der Waals surface area contributed by atoms with Gasteiger partial charge in [-0.25, -0.2) is 0 Å². The maximum atomic E-state index is 4.57. The van der Waals surface area contributed by atoms with Crippen LogP contribution in [0.3, 0.4) is 0 Å². The van der Waals surface area contributed by atoms with E-state index in [0.717, 1.165) is 41.9 Å². The van der Waals surface area contributed by atoms with Crippen molar-refractivity contribution >= 4 is 16.9 Å². The molecule has 1 unspecified atom stereocenters. The van der Waals surface area contributed by atoms with E-state index in [1.54, 1.807) is 0 Å². The van der Waals surface area contributed by atoms with Crippen LogP contribution in [0.1, 0.15) is 34.6 Å². The molecule has 0 spiro atoms. The van der Waals surface area contributed by atoms with Crippen LogP contribution in [0.2, 0.25) is 0 Å². The maximum Gasteiger partial charge on any atom is 0.156 e. The predicted octanol–water partition coefficient (Wildman–Crippen LogP) is 3.24. The molecule has 16 heavy (non-hydrogen) atoms. The van der Waals surface area contributed by atoms with Crippen LogP contribution in [-0.4, -0.2) is 24.0 Å². The molecule has 1 N–H and O–H groups in total. The quantitative estimate of drug-likeness (QED) is 0.818. The third kappa shape index (κ3) is 4.36. The Morgan fingerprint density at radius 3 is 2.38 bits per heavy atom. The summed E-state index contributed by atoms with van der Waals surface area (Å²) < 4.78 is 0. The number of amidine groups is 1. The van der Waals surface area contributed by atoms with E-state index in [1.165, 1.54) is 5.75 Å². The van der Waals surface area contributed by atoms with Crippen LogP contribution in [0, 0.1) is 23.7 Å². The zero-order valence-corrected chi connectivity index (χ0v) is 12.1. The normalized spacial score (nSPS) is 21.8. The van der Waals surface area contributed by atoms with Crippen molar-refractivity contribution in [2.45, 2.75) is 34.6 Å². The van der Waals surface area contributed by atoms with Gasteiger partial charge in [0.2, 0.25) is 0 Å². The zero-order valence-electron chi connectivity index (χ0n) is 11.3. The highest BCUT2D eigenvalue weighted by Gasteiger charge is 2.19. The Balaban J connectivity index is 2.38. The second-order valence-corrected chi connectivity index (χ2v) is 6.60. The van der Waals surface area contributed by atoms with Crippen molar-refractivity contribution in [2.75, 3.05) is 18.8 Å². The first-order chi connectivity index (χ1) is 7.50. The van der Waals surface area contributed by atoms with E-state index in [1.807, 2.05) is 11.8 Å². The third-order valence-corrected chi connectivity index (χ3v) is 4.54. The van der Waals surface area contributed by atoms with Gasteiger partial charge in [0.1, 0.15) is 0 Å². The molecule has 1 aliphatic rings. The van der Waals surface area contributed by atoms with E-state index in [-0.39, 0.29) is 0 Å². The van der Waals surface area contributed by atoms with Gasteiger partial charge in [-0.05, 0) is 23.7 Å². The Morgan fingerprint density at radius 2 is 1.94 bits per heavy atom. The molecule has 0 aromatic rings. The average Bonchev–Trinajstić information content (AvgIpc) is 2.20. The van der Waals surface area contributed by atoms with Gasteiger partial charge in [0.05, 0.1) is 0 Å². The summed E-state index contributed by atoms with van der Waals surface area (Å²) in [6.07, 6.45) is 0. The molecular formula is C13H26N2S. The first-order valence-corrected chi connectivity index (χ1v) is 7.40. The molecule has 1 atom stereocenters. The maximum absolute atomic E-state index is 4.57. The summed E-state index contributed by atoms with van der Waals surface area (Å²) in [5.74, 6) is 4.16. The minimum Gasteiger partial charge on any atom is -0.365 e. The van der Waals surface area contributed by atoms with Gasteiger partial charge in [0.25, 0.3) is 0 Å². The fraction of sp³-hybridized carbons (Fsp3) is 0.923.